The predicted molar refractivity (Wildman–Crippen MR) is 88.9 cm³/mol. The molecule has 8 heteroatoms. The van der Waals surface area contributed by atoms with Crippen LogP contribution in [-0.4, -0.2) is 38.7 Å². The van der Waals surface area contributed by atoms with E-state index in [1.165, 1.54) is 10.4 Å². The second-order valence-corrected chi connectivity index (χ2v) is 5.76. The SMILES string of the molecule is Cc1ccc(-c2nnn(CC(=O)NC(CN)C3CC3)n2)cc1.Cl. The number of benzene rings is 1. The number of nitrogens with one attached hydrogen (secondary N) is 1. The third-order valence-corrected chi connectivity index (χ3v) is 3.84. The van der Waals surface area contributed by atoms with Gasteiger partial charge >= 0.3 is 0 Å². The van der Waals surface area contributed by atoms with Crippen LogP contribution < -0.4 is 11.1 Å². The van der Waals surface area contributed by atoms with Crippen molar-refractivity contribution in [1.82, 2.24) is 25.5 Å². The standard InChI is InChI=1S/C15H20N6O.ClH/c1-10-2-4-12(5-3-10)15-18-20-21(19-15)9-14(22)17-13(8-16)11-6-7-11;/h2-5,11,13H,6-9,16H2,1H3,(H,17,22);1H. The van der Waals surface area contributed by atoms with E-state index < -0.39 is 0 Å². The lowest BCUT2D eigenvalue weighted by Gasteiger charge is -2.15. The minimum Gasteiger partial charge on any atom is -0.350 e. The van der Waals surface area contributed by atoms with Crippen molar-refractivity contribution in [3.8, 4) is 11.4 Å². The van der Waals surface area contributed by atoms with E-state index in [0.29, 0.717) is 18.3 Å². The molecule has 1 aliphatic rings. The topological polar surface area (TPSA) is 98.7 Å². The normalized spacial score (nSPS) is 14.9. The van der Waals surface area contributed by atoms with Crippen LogP contribution >= 0.6 is 12.4 Å². The van der Waals surface area contributed by atoms with Crippen molar-refractivity contribution in [1.29, 1.82) is 0 Å². The van der Waals surface area contributed by atoms with E-state index in [-0.39, 0.29) is 30.9 Å². The summed E-state index contributed by atoms with van der Waals surface area (Å²) in [7, 11) is 0. The maximum Gasteiger partial charge on any atom is 0.243 e. The highest BCUT2D eigenvalue weighted by Crippen LogP contribution is 2.32. The molecule has 124 valence electrons. The van der Waals surface area contributed by atoms with Crippen LogP contribution in [0.3, 0.4) is 0 Å². The van der Waals surface area contributed by atoms with Gasteiger partial charge in [0.05, 0.1) is 0 Å². The van der Waals surface area contributed by atoms with Crippen LogP contribution in [0.15, 0.2) is 24.3 Å². The summed E-state index contributed by atoms with van der Waals surface area (Å²) in [6.07, 6.45) is 2.28. The molecule has 1 aromatic carbocycles. The molecule has 2 aromatic rings. The minimum absolute atomic E-state index is 0. The lowest BCUT2D eigenvalue weighted by atomic mass is 10.1. The van der Waals surface area contributed by atoms with E-state index in [2.05, 4.69) is 20.7 Å². The first-order chi connectivity index (χ1) is 10.7. The summed E-state index contributed by atoms with van der Waals surface area (Å²) >= 11 is 0. The summed E-state index contributed by atoms with van der Waals surface area (Å²) in [4.78, 5) is 13.3. The first-order valence-corrected chi connectivity index (χ1v) is 7.50. The number of halogens is 1. The fraction of sp³-hybridized carbons (Fsp3) is 0.467. The van der Waals surface area contributed by atoms with Crippen LogP contribution in [0.2, 0.25) is 0 Å². The molecular formula is C15H21ClN6O. The third-order valence-electron chi connectivity index (χ3n) is 3.84. The zero-order chi connectivity index (χ0) is 15.5. The molecule has 1 aromatic heterocycles. The van der Waals surface area contributed by atoms with E-state index >= 15 is 0 Å². The molecule has 23 heavy (non-hydrogen) atoms. The van der Waals surface area contributed by atoms with Gasteiger partial charge in [-0.1, -0.05) is 29.8 Å². The highest BCUT2D eigenvalue weighted by atomic mass is 35.5. The number of hydrogen-bond acceptors (Lipinski definition) is 5. The molecular weight excluding hydrogens is 316 g/mol. The molecule has 0 aliphatic heterocycles. The monoisotopic (exact) mass is 336 g/mol. The Morgan fingerprint density at radius 2 is 2.09 bits per heavy atom. The van der Waals surface area contributed by atoms with Crippen LogP contribution in [-0.2, 0) is 11.3 Å². The maximum atomic E-state index is 12.0. The predicted octanol–water partition coefficient (Wildman–Crippen LogP) is 0.924. The van der Waals surface area contributed by atoms with Crippen LogP contribution in [0.4, 0.5) is 0 Å². The van der Waals surface area contributed by atoms with Gasteiger partial charge in [-0.2, -0.15) is 4.80 Å². The number of aromatic nitrogens is 4. The summed E-state index contributed by atoms with van der Waals surface area (Å²) in [6.45, 7) is 2.55. The molecule has 0 bridgehead atoms. The van der Waals surface area contributed by atoms with Crippen molar-refractivity contribution in [3.63, 3.8) is 0 Å². The number of carbonyl (C=O) groups excluding carboxylic acids is 1. The van der Waals surface area contributed by atoms with Gasteiger partial charge in [0.2, 0.25) is 11.7 Å². The summed E-state index contributed by atoms with van der Waals surface area (Å²) in [5.41, 5.74) is 7.74. The van der Waals surface area contributed by atoms with Crippen LogP contribution in [0, 0.1) is 12.8 Å². The minimum atomic E-state index is -0.129. The van der Waals surface area contributed by atoms with E-state index in [1.54, 1.807) is 0 Å². The quantitative estimate of drug-likeness (QED) is 0.817. The average molecular weight is 337 g/mol. The molecule has 1 aliphatic carbocycles. The highest BCUT2D eigenvalue weighted by Gasteiger charge is 2.31. The van der Waals surface area contributed by atoms with Gasteiger partial charge in [-0.3, -0.25) is 4.79 Å². The van der Waals surface area contributed by atoms with Gasteiger partial charge in [-0.25, -0.2) is 0 Å². The lowest BCUT2D eigenvalue weighted by Crippen LogP contribution is -2.43. The number of rotatable bonds is 6. The molecule has 1 saturated carbocycles. The molecule has 1 amide bonds. The third kappa shape index (κ3) is 4.49. The van der Waals surface area contributed by atoms with Gasteiger partial charge in [-0.15, -0.1) is 22.6 Å². The Hall–Kier alpha value is -1.99. The van der Waals surface area contributed by atoms with Crippen LogP contribution in [0.5, 0.6) is 0 Å². The van der Waals surface area contributed by atoms with Crippen molar-refractivity contribution in [2.45, 2.75) is 32.4 Å². The summed E-state index contributed by atoms with van der Waals surface area (Å²) in [6, 6.07) is 7.92. The van der Waals surface area contributed by atoms with Crippen molar-refractivity contribution in [3.05, 3.63) is 29.8 Å². The largest absolute Gasteiger partial charge is 0.350 e. The first-order valence-electron chi connectivity index (χ1n) is 7.50. The number of amides is 1. The Kier molecular flexibility index (Phi) is 5.68. The molecule has 3 rings (SSSR count). The molecule has 3 N–H and O–H groups in total. The van der Waals surface area contributed by atoms with Gasteiger partial charge in [0, 0.05) is 18.2 Å². The molecule has 1 unspecified atom stereocenters. The number of hydrogen-bond donors (Lipinski definition) is 2. The number of carbonyl (C=O) groups is 1. The van der Waals surface area contributed by atoms with Crippen molar-refractivity contribution in [2.24, 2.45) is 11.7 Å². The van der Waals surface area contributed by atoms with Crippen molar-refractivity contribution < 1.29 is 4.79 Å². The van der Waals surface area contributed by atoms with Gasteiger partial charge in [-0.05, 0) is 30.9 Å². The Morgan fingerprint density at radius 1 is 1.39 bits per heavy atom. The Bertz CT molecular complexity index is 652. The Balaban J connectivity index is 0.00000192. The number of aryl methyl sites for hydroxylation is 1. The lowest BCUT2D eigenvalue weighted by molar-refractivity contribution is -0.122. The molecule has 1 heterocycles. The summed E-state index contributed by atoms with van der Waals surface area (Å²) in [5.74, 6) is 0.918. The fourth-order valence-corrected chi connectivity index (χ4v) is 2.38. The van der Waals surface area contributed by atoms with Crippen molar-refractivity contribution in [2.75, 3.05) is 6.54 Å². The first kappa shape index (κ1) is 17.4. The van der Waals surface area contributed by atoms with E-state index in [9.17, 15) is 4.79 Å². The number of nitrogens with zero attached hydrogens (tertiary/aromatic N) is 4. The van der Waals surface area contributed by atoms with Gasteiger partial charge in [0.15, 0.2) is 0 Å². The second-order valence-electron chi connectivity index (χ2n) is 5.76. The zero-order valence-electron chi connectivity index (χ0n) is 13.0. The molecule has 1 fully saturated rings. The Morgan fingerprint density at radius 3 is 2.70 bits per heavy atom. The van der Waals surface area contributed by atoms with Gasteiger partial charge < -0.3 is 11.1 Å². The van der Waals surface area contributed by atoms with E-state index in [4.69, 9.17) is 5.73 Å². The molecule has 0 spiro atoms. The highest BCUT2D eigenvalue weighted by molar-refractivity contribution is 5.85. The molecule has 1 atom stereocenters. The number of tetrazole rings is 1. The molecule has 7 nitrogen and oxygen atoms in total. The second kappa shape index (κ2) is 7.52. The molecule has 0 radical (unpaired) electrons. The maximum absolute atomic E-state index is 12.0. The van der Waals surface area contributed by atoms with Crippen LogP contribution in [0.1, 0.15) is 18.4 Å². The summed E-state index contributed by atoms with van der Waals surface area (Å²) in [5, 5.41) is 15.1. The van der Waals surface area contributed by atoms with Crippen LogP contribution in [0.25, 0.3) is 11.4 Å². The summed E-state index contributed by atoms with van der Waals surface area (Å²) < 4.78 is 0. The smallest absolute Gasteiger partial charge is 0.243 e. The Labute approximate surface area is 141 Å². The van der Waals surface area contributed by atoms with Crippen molar-refractivity contribution >= 4 is 18.3 Å². The van der Waals surface area contributed by atoms with Gasteiger partial charge in [0.25, 0.3) is 0 Å². The number of nitrogens with two attached hydrogens (primary N) is 1. The molecule has 0 saturated heterocycles. The zero-order valence-corrected chi connectivity index (χ0v) is 13.8. The fourth-order valence-electron chi connectivity index (χ4n) is 2.38. The van der Waals surface area contributed by atoms with E-state index in [1.807, 2.05) is 31.2 Å². The van der Waals surface area contributed by atoms with Gasteiger partial charge in [0.1, 0.15) is 6.54 Å². The average Bonchev–Trinajstić information content (AvgIpc) is 3.25. The van der Waals surface area contributed by atoms with E-state index in [0.717, 1.165) is 18.4 Å².